The van der Waals surface area contributed by atoms with Crippen molar-refractivity contribution in [2.45, 2.75) is 26.4 Å². The van der Waals surface area contributed by atoms with Gasteiger partial charge in [0.25, 0.3) is 0 Å². The van der Waals surface area contributed by atoms with E-state index < -0.39 is 5.60 Å². The molecule has 1 amide bonds. The number of carbonyl (C=O) groups excluding carboxylic acids is 1. The molecule has 4 nitrogen and oxygen atoms in total. The van der Waals surface area contributed by atoms with Crippen LogP contribution < -0.4 is 9.64 Å². The summed E-state index contributed by atoms with van der Waals surface area (Å²) in [6.45, 7) is 6.53. The zero-order valence-electron chi connectivity index (χ0n) is 10.7. The smallest absolute Gasteiger partial charge is 0.415 e. The number of hydrogen-bond acceptors (Lipinski definition) is 3. The highest BCUT2D eigenvalue weighted by Gasteiger charge is 2.29. The molecule has 0 N–H and O–H groups in total. The van der Waals surface area contributed by atoms with E-state index in [2.05, 4.69) is 15.9 Å². The van der Waals surface area contributed by atoms with E-state index >= 15 is 0 Å². The summed E-state index contributed by atoms with van der Waals surface area (Å²) in [6, 6.07) is 5.60. The topological polar surface area (TPSA) is 38.8 Å². The second kappa shape index (κ2) is 4.80. The molecule has 18 heavy (non-hydrogen) atoms. The molecule has 98 valence electrons. The predicted molar refractivity (Wildman–Crippen MR) is 73.2 cm³/mol. The third kappa shape index (κ3) is 2.77. The van der Waals surface area contributed by atoms with Gasteiger partial charge in [0.1, 0.15) is 23.6 Å². The Morgan fingerprint density at radius 3 is 2.83 bits per heavy atom. The first-order valence-corrected chi connectivity index (χ1v) is 6.59. The summed E-state index contributed by atoms with van der Waals surface area (Å²) >= 11 is 3.44. The lowest BCUT2D eigenvalue weighted by Gasteiger charge is -2.32. The van der Waals surface area contributed by atoms with Crippen LogP contribution in [0.5, 0.6) is 5.75 Å². The van der Waals surface area contributed by atoms with Crippen LogP contribution in [0.1, 0.15) is 20.8 Å². The number of nitrogens with zero attached hydrogens (tertiary/aromatic N) is 1. The lowest BCUT2D eigenvalue weighted by Crippen LogP contribution is -2.41. The molecular weight excluding hydrogens is 298 g/mol. The Bertz CT molecular complexity index is 468. The van der Waals surface area contributed by atoms with Crippen LogP contribution in [0.25, 0.3) is 0 Å². The second-order valence-corrected chi connectivity index (χ2v) is 5.92. The molecule has 0 unspecified atom stereocenters. The van der Waals surface area contributed by atoms with Crippen molar-refractivity contribution in [3.8, 4) is 5.75 Å². The fourth-order valence-corrected chi connectivity index (χ4v) is 2.29. The molecule has 5 heteroatoms. The largest absolute Gasteiger partial charge is 0.489 e. The van der Waals surface area contributed by atoms with E-state index in [0.717, 1.165) is 10.2 Å². The van der Waals surface area contributed by atoms with E-state index in [1.54, 1.807) is 4.90 Å². The van der Waals surface area contributed by atoms with E-state index in [4.69, 9.17) is 9.47 Å². The summed E-state index contributed by atoms with van der Waals surface area (Å²) in [5.74, 6) is 0.696. The number of para-hydroxylation sites is 1. The molecule has 0 aromatic heterocycles. The van der Waals surface area contributed by atoms with Crippen molar-refractivity contribution in [1.29, 1.82) is 0 Å². The molecule has 0 spiro atoms. The zero-order valence-corrected chi connectivity index (χ0v) is 12.3. The molecule has 0 fully saturated rings. The van der Waals surface area contributed by atoms with Gasteiger partial charge in [0.05, 0.1) is 6.54 Å². The molecule has 2 rings (SSSR count). The van der Waals surface area contributed by atoms with Gasteiger partial charge in [-0.1, -0.05) is 6.07 Å². The minimum Gasteiger partial charge on any atom is -0.489 e. The standard InChI is InChI=1S/C13H16BrNO3/c1-13(2,3)18-12(16)15-7-8-17-10-6-4-5-9(14)11(10)15/h4-6H,7-8H2,1-3H3. The molecule has 0 radical (unpaired) electrons. The lowest BCUT2D eigenvalue weighted by molar-refractivity contribution is 0.0567. The zero-order chi connectivity index (χ0) is 13.3. The Morgan fingerprint density at radius 2 is 2.17 bits per heavy atom. The maximum absolute atomic E-state index is 12.2. The van der Waals surface area contributed by atoms with Crippen LogP contribution in [0.15, 0.2) is 22.7 Å². The molecule has 1 aromatic rings. The highest BCUT2D eigenvalue weighted by Crippen LogP contribution is 2.38. The fourth-order valence-electron chi connectivity index (χ4n) is 1.73. The SMILES string of the molecule is CC(C)(C)OC(=O)N1CCOc2cccc(Br)c21. The van der Waals surface area contributed by atoms with Crippen molar-refractivity contribution in [2.24, 2.45) is 0 Å². The van der Waals surface area contributed by atoms with E-state index in [0.29, 0.717) is 18.9 Å². The summed E-state index contributed by atoms with van der Waals surface area (Å²) in [7, 11) is 0. The van der Waals surface area contributed by atoms with Gasteiger partial charge in [-0.25, -0.2) is 4.79 Å². The number of carbonyl (C=O) groups is 1. The van der Waals surface area contributed by atoms with Gasteiger partial charge in [0.2, 0.25) is 0 Å². The maximum atomic E-state index is 12.2. The first-order valence-electron chi connectivity index (χ1n) is 5.80. The van der Waals surface area contributed by atoms with Gasteiger partial charge >= 0.3 is 6.09 Å². The first-order chi connectivity index (χ1) is 8.38. The van der Waals surface area contributed by atoms with Gasteiger partial charge in [0.15, 0.2) is 0 Å². The minimum absolute atomic E-state index is 0.348. The predicted octanol–water partition coefficient (Wildman–Crippen LogP) is 3.58. The number of halogens is 1. The van der Waals surface area contributed by atoms with E-state index in [1.165, 1.54) is 0 Å². The molecule has 0 atom stereocenters. The Morgan fingerprint density at radius 1 is 1.44 bits per heavy atom. The van der Waals surface area contributed by atoms with Gasteiger partial charge < -0.3 is 9.47 Å². The fraction of sp³-hybridized carbons (Fsp3) is 0.462. The van der Waals surface area contributed by atoms with Crippen LogP contribution in [-0.2, 0) is 4.74 Å². The third-order valence-electron chi connectivity index (χ3n) is 2.41. The maximum Gasteiger partial charge on any atom is 0.415 e. The number of amides is 1. The van der Waals surface area contributed by atoms with Gasteiger partial charge in [-0.2, -0.15) is 0 Å². The summed E-state index contributed by atoms with van der Waals surface area (Å²) in [6.07, 6.45) is -0.348. The molecule has 0 saturated carbocycles. The van der Waals surface area contributed by atoms with E-state index in [9.17, 15) is 4.79 Å². The number of anilines is 1. The monoisotopic (exact) mass is 313 g/mol. The molecule has 1 heterocycles. The van der Waals surface area contributed by atoms with Crippen LogP contribution in [-0.4, -0.2) is 24.8 Å². The highest BCUT2D eigenvalue weighted by molar-refractivity contribution is 9.10. The molecule has 1 aliphatic rings. The molecule has 0 saturated heterocycles. The summed E-state index contributed by atoms with van der Waals surface area (Å²) in [5.41, 5.74) is 0.231. The van der Waals surface area contributed by atoms with E-state index in [1.807, 2.05) is 39.0 Å². The Kier molecular flexibility index (Phi) is 3.52. The summed E-state index contributed by atoms with van der Waals surface area (Å²) in [4.78, 5) is 13.8. The van der Waals surface area contributed by atoms with Crippen LogP contribution in [0.4, 0.5) is 10.5 Å². The van der Waals surface area contributed by atoms with Crippen LogP contribution in [0, 0.1) is 0 Å². The summed E-state index contributed by atoms with van der Waals surface area (Å²) in [5, 5.41) is 0. The Balaban J connectivity index is 2.30. The van der Waals surface area contributed by atoms with Crippen LogP contribution in [0.2, 0.25) is 0 Å². The molecule has 0 bridgehead atoms. The van der Waals surface area contributed by atoms with Crippen molar-refractivity contribution in [2.75, 3.05) is 18.1 Å². The quantitative estimate of drug-likeness (QED) is 0.735. The second-order valence-electron chi connectivity index (χ2n) is 5.07. The molecule has 1 aliphatic heterocycles. The average molecular weight is 314 g/mol. The van der Waals surface area contributed by atoms with Crippen molar-refractivity contribution >= 4 is 27.7 Å². The number of benzene rings is 1. The van der Waals surface area contributed by atoms with Gasteiger partial charge in [-0.3, -0.25) is 4.90 Å². The van der Waals surface area contributed by atoms with Crippen molar-refractivity contribution in [3.05, 3.63) is 22.7 Å². The Hall–Kier alpha value is -1.23. The minimum atomic E-state index is -0.503. The molecule has 1 aromatic carbocycles. The van der Waals surface area contributed by atoms with Gasteiger partial charge in [-0.05, 0) is 48.8 Å². The average Bonchev–Trinajstić information content (AvgIpc) is 2.26. The van der Waals surface area contributed by atoms with Crippen LogP contribution in [0.3, 0.4) is 0 Å². The third-order valence-corrected chi connectivity index (χ3v) is 3.05. The highest BCUT2D eigenvalue weighted by atomic mass is 79.9. The first kappa shape index (κ1) is 13.2. The summed E-state index contributed by atoms with van der Waals surface area (Å²) < 4.78 is 11.8. The number of ether oxygens (including phenoxy) is 2. The van der Waals surface area contributed by atoms with Crippen molar-refractivity contribution in [1.82, 2.24) is 0 Å². The normalized spacial score (nSPS) is 14.8. The Labute approximate surface area is 115 Å². The van der Waals surface area contributed by atoms with Gasteiger partial charge in [0, 0.05) is 4.47 Å². The van der Waals surface area contributed by atoms with Crippen LogP contribution >= 0.6 is 15.9 Å². The number of hydrogen-bond donors (Lipinski definition) is 0. The van der Waals surface area contributed by atoms with Crippen molar-refractivity contribution < 1.29 is 14.3 Å². The van der Waals surface area contributed by atoms with E-state index in [-0.39, 0.29) is 6.09 Å². The number of fused-ring (bicyclic) bond motifs is 1. The number of rotatable bonds is 0. The van der Waals surface area contributed by atoms with Crippen molar-refractivity contribution in [3.63, 3.8) is 0 Å². The van der Waals surface area contributed by atoms with Gasteiger partial charge in [-0.15, -0.1) is 0 Å². The molecular formula is C13H16BrNO3. The molecule has 0 aliphatic carbocycles. The lowest BCUT2D eigenvalue weighted by atomic mass is 10.2.